The molecule has 0 aliphatic carbocycles. The Morgan fingerprint density at radius 3 is 3.05 bits per heavy atom. The van der Waals surface area contributed by atoms with Gasteiger partial charge in [0.05, 0.1) is 18.3 Å². The van der Waals surface area contributed by atoms with Crippen LogP contribution >= 0.6 is 0 Å². The van der Waals surface area contributed by atoms with Gasteiger partial charge in [-0.1, -0.05) is 6.07 Å². The number of aromatic nitrogens is 3. The third-order valence-electron chi connectivity index (χ3n) is 3.72. The van der Waals surface area contributed by atoms with E-state index in [4.69, 9.17) is 4.74 Å². The molecule has 1 saturated heterocycles. The fourth-order valence-corrected chi connectivity index (χ4v) is 2.81. The molecule has 5 heteroatoms. The third-order valence-corrected chi connectivity index (χ3v) is 3.72. The number of ether oxygens (including phenoxy) is 1. The van der Waals surface area contributed by atoms with Crippen LogP contribution < -0.4 is 9.64 Å². The summed E-state index contributed by atoms with van der Waals surface area (Å²) in [6, 6.07) is 8.40. The molecule has 0 N–H and O–H groups in total. The van der Waals surface area contributed by atoms with Gasteiger partial charge in [0.25, 0.3) is 0 Å². The van der Waals surface area contributed by atoms with E-state index in [9.17, 15) is 0 Å². The van der Waals surface area contributed by atoms with E-state index < -0.39 is 0 Å². The molecule has 21 heavy (non-hydrogen) atoms. The average Bonchev–Trinajstić information content (AvgIpc) is 2.97. The van der Waals surface area contributed by atoms with E-state index in [1.807, 2.05) is 26.0 Å². The fourth-order valence-electron chi connectivity index (χ4n) is 2.81. The molecule has 1 aliphatic rings. The van der Waals surface area contributed by atoms with Gasteiger partial charge in [-0.15, -0.1) is 0 Å². The van der Waals surface area contributed by atoms with E-state index >= 15 is 0 Å². The molecule has 0 amide bonds. The van der Waals surface area contributed by atoms with Crippen molar-refractivity contribution in [2.75, 3.05) is 18.1 Å². The molecule has 0 saturated carbocycles. The standard InChI is InChI=1S/C16H20N4O/c1-3-21-16-10-15(17-11-18-16)20-9-5-8-14(20)13-7-4-6-12(2)19-13/h4,6-7,10-11,14H,3,5,8-9H2,1-2H3/t14-/m1/s1. The monoisotopic (exact) mass is 284 g/mol. The van der Waals surface area contributed by atoms with Crippen molar-refractivity contribution in [2.45, 2.75) is 32.7 Å². The Morgan fingerprint density at radius 1 is 1.33 bits per heavy atom. The first-order chi connectivity index (χ1) is 10.3. The van der Waals surface area contributed by atoms with Gasteiger partial charge in [0, 0.05) is 18.3 Å². The number of pyridine rings is 1. The van der Waals surface area contributed by atoms with Gasteiger partial charge in [0.15, 0.2) is 0 Å². The highest BCUT2D eigenvalue weighted by atomic mass is 16.5. The molecule has 0 unspecified atom stereocenters. The van der Waals surface area contributed by atoms with E-state index in [0.29, 0.717) is 12.5 Å². The predicted molar refractivity (Wildman–Crippen MR) is 81.5 cm³/mol. The van der Waals surface area contributed by atoms with Crippen molar-refractivity contribution in [1.82, 2.24) is 15.0 Å². The van der Waals surface area contributed by atoms with Gasteiger partial charge in [-0.2, -0.15) is 0 Å². The minimum atomic E-state index is 0.286. The van der Waals surface area contributed by atoms with Crippen LogP contribution in [0, 0.1) is 6.92 Å². The zero-order valence-electron chi connectivity index (χ0n) is 12.5. The van der Waals surface area contributed by atoms with Crippen molar-refractivity contribution in [3.63, 3.8) is 0 Å². The summed E-state index contributed by atoms with van der Waals surface area (Å²) >= 11 is 0. The fraction of sp³-hybridized carbons (Fsp3) is 0.438. The molecule has 0 aromatic carbocycles. The first kappa shape index (κ1) is 13.8. The lowest BCUT2D eigenvalue weighted by Gasteiger charge is -2.25. The Balaban J connectivity index is 1.88. The minimum absolute atomic E-state index is 0.286. The highest BCUT2D eigenvalue weighted by Crippen LogP contribution is 2.34. The summed E-state index contributed by atoms with van der Waals surface area (Å²) in [5, 5.41) is 0. The maximum absolute atomic E-state index is 5.47. The molecule has 0 radical (unpaired) electrons. The normalized spacial score (nSPS) is 18.0. The van der Waals surface area contributed by atoms with E-state index in [0.717, 1.165) is 36.6 Å². The van der Waals surface area contributed by atoms with E-state index in [1.54, 1.807) is 6.33 Å². The van der Waals surface area contributed by atoms with E-state index in [1.165, 1.54) is 0 Å². The largest absolute Gasteiger partial charge is 0.478 e. The number of hydrogen-bond acceptors (Lipinski definition) is 5. The van der Waals surface area contributed by atoms with Crippen LogP contribution in [0.15, 0.2) is 30.6 Å². The summed E-state index contributed by atoms with van der Waals surface area (Å²) in [5.41, 5.74) is 2.17. The molecule has 2 aromatic heterocycles. The maximum Gasteiger partial charge on any atom is 0.218 e. The SMILES string of the molecule is CCOc1cc(N2CCC[C@@H]2c2cccc(C)n2)ncn1. The number of hydrogen-bond donors (Lipinski definition) is 0. The van der Waals surface area contributed by atoms with Crippen LogP contribution in [0.4, 0.5) is 5.82 Å². The van der Waals surface area contributed by atoms with Crippen molar-refractivity contribution in [3.8, 4) is 5.88 Å². The summed E-state index contributed by atoms with van der Waals surface area (Å²) < 4.78 is 5.47. The summed E-state index contributed by atoms with van der Waals surface area (Å²) in [6.45, 7) is 5.58. The summed E-state index contributed by atoms with van der Waals surface area (Å²) in [6.07, 6.45) is 3.82. The first-order valence-corrected chi connectivity index (χ1v) is 7.43. The highest BCUT2D eigenvalue weighted by molar-refractivity contribution is 5.44. The van der Waals surface area contributed by atoms with Gasteiger partial charge in [-0.05, 0) is 38.8 Å². The molecular formula is C16H20N4O. The van der Waals surface area contributed by atoms with Crippen LogP contribution in [0.3, 0.4) is 0 Å². The molecule has 110 valence electrons. The molecule has 2 aromatic rings. The topological polar surface area (TPSA) is 51.1 Å². The predicted octanol–water partition coefficient (Wildman–Crippen LogP) is 2.92. The van der Waals surface area contributed by atoms with E-state index in [-0.39, 0.29) is 6.04 Å². The minimum Gasteiger partial charge on any atom is -0.478 e. The lowest BCUT2D eigenvalue weighted by atomic mass is 10.1. The molecule has 0 spiro atoms. The Morgan fingerprint density at radius 2 is 2.24 bits per heavy atom. The van der Waals surface area contributed by atoms with Crippen molar-refractivity contribution in [2.24, 2.45) is 0 Å². The van der Waals surface area contributed by atoms with Crippen molar-refractivity contribution < 1.29 is 4.74 Å². The Hall–Kier alpha value is -2.17. The molecule has 1 fully saturated rings. The van der Waals surface area contributed by atoms with Crippen LogP contribution in [0.2, 0.25) is 0 Å². The van der Waals surface area contributed by atoms with Crippen LogP contribution in [-0.4, -0.2) is 28.1 Å². The Kier molecular flexibility index (Phi) is 3.99. The number of nitrogens with zero attached hydrogens (tertiary/aromatic N) is 4. The average molecular weight is 284 g/mol. The van der Waals surface area contributed by atoms with Crippen molar-refractivity contribution >= 4 is 5.82 Å². The number of anilines is 1. The quantitative estimate of drug-likeness (QED) is 0.864. The van der Waals surface area contributed by atoms with Crippen LogP contribution in [-0.2, 0) is 0 Å². The van der Waals surface area contributed by atoms with Crippen molar-refractivity contribution in [1.29, 1.82) is 0 Å². The summed E-state index contributed by atoms with van der Waals surface area (Å²) in [4.78, 5) is 15.5. The second kappa shape index (κ2) is 6.08. The molecule has 1 atom stereocenters. The van der Waals surface area contributed by atoms with Gasteiger partial charge in [-0.3, -0.25) is 4.98 Å². The Bertz CT molecular complexity index is 617. The molecule has 5 nitrogen and oxygen atoms in total. The van der Waals surface area contributed by atoms with Gasteiger partial charge in [-0.25, -0.2) is 9.97 Å². The van der Waals surface area contributed by atoms with Gasteiger partial charge in [0.2, 0.25) is 5.88 Å². The highest BCUT2D eigenvalue weighted by Gasteiger charge is 2.28. The molecule has 1 aliphatic heterocycles. The maximum atomic E-state index is 5.47. The lowest BCUT2D eigenvalue weighted by Crippen LogP contribution is -2.24. The Labute approximate surface area is 125 Å². The zero-order chi connectivity index (χ0) is 14.7. The number of rotatable bonds is 4. The van der Waals surface area contributed by atoms with Crippen LogP contribution in [0.25, 0.3) is 0 Å². The van der Waals surface area contributed by atoms with Crippen molar-refractivity contribution in [3.05, 3.63) is 42.0 Å². The molecule has 3 rings (SSSR count). The van der Waals surface area contributed by atoms with Crippen LogP contribution in [0.1, 0.15) is 37.2 Å². The lowest BCUT2D eigenvalue weighted by molar-refractivity contribution is 0.326. The molecule has 0 bridgehead atoms. The molecule has 3 heterocycles. The van der Waals surface area contributed by atoms with Gasteiger partial charge in [0.1, 0.15) is 12.1 Å². The molecular weight excluding hydrogens is 264 g/mol. The second-order valence-electron chi connectivity index (χ2n) is 5.20. The van der Waals surface area contributed by atoms with E-state index in [2.05, 4.69) is 32.0 Å². The zero-order valence-corrected chi connectivity index (χ0v) is 12.5. The third kappa shape index (κ3) is 2.96. The smallest absolute Gasteiger partial charge is 0.218 e. The summed E-state index contributed by atoms with van der Waals surface area (Å²) in [5.74, 6) is 1.55. The summed E-state index contributed by atoms with van der Waals surface area (Å²) in [7, 11) is 0. The second-order valence-corrected chi connectivity index (χ2v) is 5.20. The van der Waals surface area contributed by atoms with Gasteiger partial charge >= 0.3 is 0 Å². The van der Waals surface area contributed by atoms with Crippen LogP contribution in [0.5, 0.6) is 5.88 Å². The number of aryl methyl sites for hydroxylation is 1. The first-order valence-electron chi connectivity index (χ1n) is 7.43. The van der Waals surface area contributed by atoms with Gasteiger partial charge < -0.3 is 9.64 Å².